The van der Waals surface area contributed by atoms with E-state index >= 15 is 0 Å². The van der Waals surface area contributed by atoms with E-state index < -0.39 is 12.7 Å². The molecular formula is C9H10Cl2F3N3. The van der Waals surface area contributed by atoms with Crippen LogP contribution in [0.25, 0.3) is 0 Å². The van der Waals surface area contributed by atoms with Gasteiger partial charge in [-0.15, -0.1) is 11.6 Å². The van der Waals surface area contributed by atoms with E-state index in [1.807, 2.05) is 0 Å². The molecule has 0 aromatic carbocycles. The first-order valence-corrected chi connectivity index (χ1v) is 5.67. The van der Waals surface area contributed by atoms with Crippen LogP contribution in [-0.4, -0.2) is 29.2 Å². The highest BCUT2D eigenvalue weighted by atomic mass is 35.5. The van der Waals surface area contributed by atoms with E-state index in [-0.39, 0.29) is 23.4 Å². The van der Waals surface area contributed by atoms with Gasteiger partial charge in [0.2, 0.25) is 0 Å². The van der Waals surface area contributed by atoms with E-state index in [1.165, 1.54) is 0 Å². The van der Waals surface area contributed by atoms with Crippen molar-refractivity contribution in [2.75, 3.05) is 18.0 Å². The molecular weight excluding hydrogens is 278 g/mol. The lowest BCUT2D eigenvalue weighted by Gasteiger charge is -2.25. The minimum atomic E-state index is -4.31. The number of anilines is 1. The molecule has 3 nitrogen and oxygen atoms in total. The second kappa shape index (κ2) is 5.73. The van der Waals surface area contributed by atoms with Gasteiger partial charge >= 0.3 is 6.18 Å². The topological polar surface area (TPSA) is 29.0 Å². The monoisotopic (exact) mass is 287 g/mol. The first-order valence-electron chi connectivity index (χ1n) is 4.76. The van der Waals surface area contributed by atoms with Gasteiger partial charge in [0.05, 0.1) is 5.88 Å². The Kier molecular flexibility index (Phi) is 4.82. The van der Waals surface area contributed by atoms with E-state index in [4.69, 9.17) is 23.2 Å². The number of nitrogens with zero attached hydrogens (tertiary/aromatic N) is 3. The van der Waals surface area contributed by atoms with Crippen LogP contribution < -0.4 is 4.90 Å². The largest absolute Gasteiger partial charge is 0.405 e. The van der Waals surface area contributed by atoms with Crippen LogP contribution in [0.5, 0.6) is 0 Å². The average Bonchev–Trinajstić information content (AvgIpc) is 2.24. The fourth-order valence-corrected chi connectivity index (χ4v) is 1.83. The Morgan fingerprint density at radius 2 is 2.00 bits per heavy atom. The highest BCUT2D eigenvalue weighted by molar-refractivity contribution is 6.31. The van der Waals surface area contributed by atoms with Gasteiger partial charge in [0.1, 0.15) is 23.8 Å². The van der Waals surface area contributed by atoms with Crippen molar-refractivity contribution in [3.8, 4) is 0 Å². The molecule has 1 aromatic rings. The third kappa shape index (κ3) is 3.89. The SMILES string of the molecule is CCN(CC(F)(F)F)c1ncnc(Cl)c1CCl. The molecule has 96 valence electrons. The van der Waals surface area contributed by atoms with Crippen molar-refractivity contribution in [1.29, 1.82) is 0 Å². The summed E-state index contributed by atoms with van der Waals surface area (Å²) in [7, 11) is 0. The third-order valence-electron chi connectivity index (χ3n) is 2.06. The molecule has 1 heterocycles. The van der Waals surface area contributed by atoms with Crippen molar-refractivity contribution in [2.45, 2.75) is 19.0 Å². The molecule has 0 saturated carbocycles. The van der Waals surface area contributed by atoms with Crippen molar-refractivity contribution in [2.24, 2.45) is 0 Å². The molecule has 0 unspecified atom stereocenters. The molecule has 0 amide bonds. The van der Waals surface area contributed by atoms with Gasteiger partial charge in [0, 0.05) is 12.1 Å². The first kappa shape index (κ1) is 14.3. The summed E-state index contributed by atoms with van der Waals surface area (Å²) in [5.74, 6) is 0.0865. The van der Waals surface area contributed by atoms with Crippen LogP contribution >= 0.6 is 23.2 Å². The zero-order valence-corrected chi connectivity index (χ0v) is 10.4. The third-order valence-corrected chi connectivity index (χ3v) is 2.65. The number of alkyl halides is 4. The molecule has 0 aliphatic carbocycles. The van der Waals surface area contributed by atoms with Gasteiger partial charge in [-0.2, -0.15) is 13.2 Å². The molecule has 0 fully saturated rings. The highest BCUT2D eigenvalue weighted by Crippen LogP contribution is 2.27. The van der Waals surface area contributed by atoms with Crippen molar-refractivity contribution in [3.05, 3.63) is 17.0 Å². The standard InChI is InChI=1S/C9H10Cl2F3N3/c1-2-17(4-9(12,13)14)8-6(3-10)7(11)15-5-16-8/h5H,2-4H2,1H3. The van der Waals surface area contributed by atoms with Crippen LogP contribution in [0.15, 0.2) is 6.33 Å². The summed E-state index contributed by atoms with van der Waals surface area (Å²) in [4.78, 5) is 8.56. The lowest BCUT2D eigenvalue weighted by molar-refractivity contribution is -0.119. The Balaban J connectivity index is 3.07. The fraction of sp³-hybridized carbons (Fsp3) is 0.556. The Hall–Kier alpha value is -0.750. The normalized spacial score (nSPS) is 11.6. The maximum absolute atomic E-state index is 12.4. The zero-order valence-electron chi connectivity index (χ0n) is 8.93. The molecule has 17 heavy (non-hydrogen) atoms. The molecule has 0 atom stereocenters. The van der Waals surface area contributed by atoms with Gasteiger partial charge in [0.25, 0.3) is 0 Å². The van der Waals surface area contributed by atoms with E-state index in [2.05, 4.69) is 9.97 Å². The Bertz CT molecular complexity index is 384. The maximum atomic E-state index is 12.4. The molecule has 0 bridgehead atoms. The number of halogens is 5. The number of hydrogen-bond acceptors (Lipinski definition) is 3. The molecule has 8 heteroatoms. The van der Waals surface area contributed by atoms with Gasteiger partial charge < -0.3 is 4.90 Å². The molecule has 0 aliphatic rings. The Morgan fingerprint density at radius 1 is 1.35 bits per heavy atom. The Labute approximate surface area is 107 Å². The van der Waals surface area contributed by atoms with Crippen LogP contribution in [0, 0.1) is 0 Å². The summed E-state index contributed by atoms with van der Waals surface area (Å²) in [5, 5.41) is 0.0747. The number of hydrogen-bond donors (Lipinski definition) is 0. The zero-order chi connectivity index (χ0) is 13.1. The van der Waals surface area contributed by atoms with Crippen molar-refractivity contribution in [1.82, 2.24) is 9.97 Å². The van der Waals surface area contributed by atoms with E-state index in [1.54, 1.807) is 6.92 Å². The second-order valence-corrected chi connectivity index (χ2v) is 3.85. The molecule has 1 rings (SSSR count). The van der Waals surface area contributed by atoms with Gasteiger partial charge in [-0.25, -0.2) is 9.97 Å². The quantitative estimate of drug-likeness (QED) is 0.629. The van der Waals surface area contributed by atoms with Crippen LogP contribution in [0.2, 0.25) is 5.15 Å². The van der Waals surface area contributed by atoms with Crippen LogP contribution in [-0.2, 0) is 5.88 Å². The average molecular weight is 288 g/mol. The molecule has 0 N–H and O–H groups in total. The summed E-state index contributed by atoms with van der Waals surface area (Å²) in [6.45, 7) is 0.650. The molecule has 0 radical (unpaired) electrons. The predicted molar refractivity (Wildman–Crippen MR) is 60.5 cm³/mol. The molecule has 0 aliphatic heterocycles. The summed E-state index contributed by atoms with van der Waals surface area (Å²) in [5.41, 5.74) is 0.307. The maximum Gasteiger partial charge on any atom is 0.405 e. The van der Waals surface area contributed by atoms with E-state index in [0.29, 0.717) is 5.56 Å². The van der Waals surface area contributed by atoms with Gasteiger partial charge in [0.15, 0.2) is 0 Å². The number of aromatic nitrogens is 2. The first-order chi connectivity index (χ1) is 7.89. The molecule has 1 aromatic heterocycles. The minimum Gasteiger partial charge on any atom is -0.347 e. The summed E-state index contributed by atoms with van der Waals surface area (Å²) < 4.78 is 37.1. The van der Waals surface area contributed by atoms with Crippen molar-refractivity contribution in [3.63, 3.8) is 0 Å². The van der Waals surface area contributed by atoms with Gasteiger partial charge in [-0.3, -0.25) is 0 Å². The smallest absolute Gasteiger partial charge is 0.347 e. The van der Waals surface area contributed by atoms with Gasteiger partial charge in [-0.1, -0.05) is 11.6 Å². The van der Waals surface area contributed by atoms with E-state index in [0.717, 1.165) is 11.2 Å². The highest BCUT2D eigenvalue weighted by Gasteiger charge is 2.31. The summed E-state index contributed by atoms with van der Waals surface area (Å²) >= 11 is 11.4. The van der Waals surface area contributed by atoms with Crippen LogP contribution in [0.1, 0.15) is 12.5 Å². The molecule has 0 spiro atoms. The minimum absolute atomic E-state index is 0.0383. The van der Waals surface area contributed by atoms with Crippen LogP contribution in [0.3, 0.4) is 0 Å². The Morgan fingerprint density at radius 3 is 2.47 bits per heavy atom. The lowest BCUT2D eigenvalue weighted by Crippen LogP contribution is -2.35. The van der Waals surface area contributed by atoms with Gasteiger partial charge in [-0.05, 0) is 6.92 Å². The van der Waals surface area contributed by atoms with Crippen LogP contribution in [0.4, 0.5) is 19.0 Å². The fourth-order valence-electron chi connectivity index (χ4n) is 1.32. The van der Waals surface area contributed by atoms with Crippen molar-refractivity contribution < 1.29 is 13.2 Å². The number of rotatable bonds is 4. The van der Waals surface area contributed by atoms with Crippen molar-refractivity contribution >= 4 is 29.0 Å². The lowest BCUT2D eigenvalue weighted by atomic mass is 10.3. The summed E-state index contributed by atoms with van der Waals surface area (Å²) in [6, 6.07) is 0. The van der Waals surface area contributed by atoms with E-state index in [9.17, 15) is 13.2 Å². The second-order valence-electron chi connectivity index (χ2n) is 3.23. The summed E-state index contributed by atoms with van der Waals surface area (Å²) in [6.07, 6.45) is -3.19. The predicted octanol–water partition coefficient (Wildman–Crippen LogP) is 3.26. The molecule has 0 saturated heterocycles.